The molecule has 124 valence electrons. The topological polar surface area (TPSA) is 55.1 Å². The molecule has 2 fully saturated rings. The van der Waals surface area contributed by atoms with Crippen LogP contribution in [0.1, 0.15) is 50.8 Å². The largest absolute Gasteiger partial charge is 0.346 e. The molecule has 2 unspecified atom stereocenters. The second kappa shape index (κ2) is 6.90. The Labute approximate surface area is 143 Å². The van der Waals surface area contributed by atoms with Gasteiger partial charge < -0.3 is 11.1 Å². The molecular weight excluding hydrogens is 316 g/mol. The highest BCUT2D eigenvalue weighted by molar-refractivity contribution is 7.10. The smallest absolute Gasteiger partial charge is 0.223 e. The van der Waals surface area contributed by atoms with Gasteiger partial charge in [0.15, 0.2) is 0 Å². The molecule has 1 amide bonds. The van der Waals surface area contributed by atoms with Crippen molar-refractivity contribution >= 4 is 29.7 Å². The maximum absolute atomic E-state index is 12.7. The Hall–Kier alpha value is -0.580. The highest BCUT2D eigenvalue weighted by Crippen LogP contribution is 2.42. The van der Waals surface area contributed by atoms with Crippen molar-refractivity contribution in [3.63, 3.8) is 0 Å². The lowest BCUT2D eigenvalue weighted by molar-refractivity contribution is -0.129. The molecule has 0 aliphatic heterocycles. The van der Waals surface area contributed by atoms with E-state index in [1.807, 2.05) is 6.07 Å². The Balaban J connectivity index is 0.00000176. The van der Waals surface area contributed by atoms with Gasteiger partial charge in [-0.3, -0.25) is 4.79 Å². The number of nitrogens with one attached hydrogen (secondary N) is 1. The summed E-state index contributed by atoms with van der Waals surface area (Å²) in [5.41, 5.74) is 6.04. The van der Waals surface area contributed by atoms with Gasteiger partial charge in [-0.05, 0) is 62.8 Å². The molecule has 0 saturated heterocycles. The van der Waals surface area contributed by atoms with Crippen LogP contribution >= 0.6 is 23.7 Å². The van der Waals surface area contributed by atoms with Crippen molar-refractivity contribution in [1.82, 2.24) is 5.32 Å². The van der Waals surface area contributed by atoms with E-state index >= 15 is 0 Å². The van der Waals surface area contributed by atoms with E-state index < -0.39 is 0 Å². The summed E-state index contributed by atoms with van der Waals surface area (Å²) in [6.45, 7) is 4.18. The number of carbonyl (C=O) groups is 1. The molecule has 2 saturated carbocycles. The maximum atomic E-state index is 12.7. The van der Waals surface area contributed by atoms with E-state index in [4.69, 9.17) is 5.73 Å². The van der Waals surface area contributed by atoms with Crippen molar-refractivity contribution in [2.24, 2.45) is 23.5 Å². The number of thiophene rings is 1. The zero-order valence-electron chi connectivity index (χ0n) is 13.4. The molecule has 1 aromatic rings. The van der Waals surface area contributed by atoms with Crippen molar-refractivity contribution in [2.75, 3.05) is 0 Å². The van der Waals surface area contributed by atoms with Gasteiger partial charge in [-0.25, -0.2) is 0 Å². The predicted octanol–water partition coefficient (Wildman–Crippen LogP) is 3.67. The van der Waals surface area contributed by atoms with Crippen LogP contribution in [0.5, 0.6) is 0 Å². The highest BCUT2D eigenvalue weighted by atomic mass is 35.5. The first kappa shape index (κ1) is 17.8. The van der Waals surface area contributed by atoms with Gasteiger partial charge in [-0.2, -0.15) is 0 Å². The summed E-state index contributed by atoms with van der Waals surface area (Å²) in [5.74, 6) is 1.48. The van der Waals surface area contributed by atoms with E-state index in [9.17, 15) is 4.79 Å². The van der Waals surface area contributed by atoms with Gasteiger partial charge in [0.1, 0.15) is 0 Å². The second-order valence-electron chi connectivity index (χ2n) is 7.29. The first-order valence-corrected chi connectivity index (χ1v) is 8.97. The minimum absolute atomic E-state index is 0. The van der Waals surface area contributed by atoms with Crippen LogP contribution in [-0.4, -0.2) is 11.9 Å². The zero-order chi connectivity index (χ0) is 15.0. The van der Waals surface area contributed by atoms with Crippen molar-refractivity contribution in [2.45, 2.75) is 57.5 Å². The van der Waals surface area contributed by atoms with Crippen LogP contribution in [0.2, 0.25) is 0 Å². The fourth-order valence-electron chi connectivity index (χ4n) is 4.11. The number of hydrogen-bond acceptors (Lipinski definition) is 3. The van der Waals surface area contributed by atoms with E-state index in [1.54, 1.807) is 11.3 Å². The average molecular weight is 343 g/mol. The van der Waals surface area contributed by atoms with Gasteiger partial charge in [-0.15, -0.1) is 23.7 Å². The summed E-state index contributed by atoms with van der Waals surface area (Å²) >= 11 is 1.70. The van der Waals surface area contributed by atoms with E-state index in [1.165, 1.54) is 24.1 Å². The SMILES string of the molecule is CC(C)(NC(=O)C1CC2CCCC(C1)C2N)c1cccs1.Cl. The third-order valence-corrected chi connectivity index (χ3v) is 6.55. The molecule has 1 heterocycles. The van der Waals surface area contributed by atoms with Crippen molar-refractivity contribution < 1.29 is 4.79 Å². The molecule has 2 bridgehead atoms. The van der Waals surface area contributed by atoms with Crippen LogP contribution in [-0.2, 0) is 10.3 Å². The summed E-state index contributed by atoms with van der Waals surface area (Å²) in [6, 6.07) is 4.46. The van der Waals surface area contributed by atoms with Crippen LogP contribution < -0.4 is 11.1 Å². The monoisotopic (exact) mass is 342 g/mol. The molecule has 0 radical (unpaired) electrons. The number of halogens is 1. The molecule has 3 rings (SSSR count). The van der Waals surface area contributed by atoms with Gasteiger partial charge in [0.25, 0.3) is 0 Å². The molecule has 3 nitrogen and oxygen atoms in total. The lowest BCUT2D eigenvalue weighted by atomic mass is 9.65. The number of nitrogens with two attached hydrogens (primary N) is 1. The average Bonchev–Trinajstić information content (AvgIpc) is 2.92. The number of amides is 1. The van der Waals surface area contributed by atoms with Gasteiger partial charge in [-0.1, -0.05) is 12.5 Å². The summed E-state index contributed by atoms with van der Waals surface area (Å²) in [7, 11) is 0. The van der Waals surface area contributed by atoms with Gasteiger partial charge >= 0.3 is 0 Å². The lowest BCUT2D eigenvalue weighted by Gasteiger charge is -2.44. The fraction of sp³-hybridized carbons (Fsp3) is 0.706. The number of fused-ring (bicyclic) bond motifs is 2. The molecule has 0 aromatic carbocycles. The standard InChI is InChI=1S/C17H26N2OS.ClH/c1-17(2,14-7-4-8-21-14)19-16(20)13-9-11-5-3-6-12(10-13)15(11)18;/h4,7-8,11-13,15H,3,5-6,9-10,18H2,1-2H3,(H,19,20);1H. The molecular formula is C17H27ClN2OS. The lowest BCUT2D eigenvalue weighted by Crippen LogP contribution is -2.51. The van der Waals surface area contributed by atoms with Crippen LogP contribution in [0.4, 0.5) is 0 Å². The van der Waals surface area contributed by atoms with E-state index in [0.717, 1.165) is 12.8 Å². The van der Waals surface area contributed by atoms with Crippen LogP contribution in [0.25, 0.3) is 0 Å². The molecule has 2 atom stereocenters. The minimum atomic E-state index is -0.278. The molecule has 1 aromatic heterocycles. The molecule has 3 N–H and O–H groups in total. The predicted molar refractivity (Wildman–Crippen MR) is 94.3 cm³/mol. The third kappa shape index (κ3) is 3.50. The Bertz CT molecular complexity index is 489. The first-order valence-electron chi connectivity index (χ1n) is 8.09. The van der Waals surface area contributed by atoms with E-state index in [2.05, 4.69) is 30.6 Å². The Kier molecular flexibility index (Phi) is 5.57. The van der Waals surface area contributed by atoms with Gasteiger partial charge in [0, 0.05) is 16.8 Å². The van der Waals surface area contributed by atoms with Gasteiger partial charge in [0.05, 0.1) is 5.54 Å². The molecule has 0 spiro atoms. The van der Waals surface area contributed by atoms with Crippen LogP contribution in [0.3, 0.4) is 0 Å². The van der Waals surface area contributed by atoms with Crippen LogP contribution in [0.15, 0.2) is 17.5 Å². The van der Waals surface area contributed by atoms with Gasteiger partial charge in [0.2, 0.25) is 5.91 Å². The molecule has 2 aliphatic rings. The summed E-state index contributed by atoms with van der Waals surface area (Å²) in [6.07, 6.45) is 5.65. The molecule has 2 aliphatic carbocycles. The third-order valence-electron chi connectivity index (χ3n) is 5.36. The fourth-order valence-corrected chi connectivity index (χ4v) is 4.92. The van der Waals surface area contributed by atoms with E-state index in [-0.39, 0.29) is 29.8 Å². The van der Waals surface area contributed by atoms with Crippen molar-refractivity contribution in [3.8, 4) is 0 Å². The maximum Gasteiger partial charge on any atom is 0.223 e. The quantitative estimate of drug-likeness (QED) is 0.880. The highest BCUT2D eigenvalue weighted by Gasteiger charge is 2.41. The molecule has 22 heavy (non-hydrogen) atoms. The Morgan fingerprint density at radius 2 is 1.95 bits per heavy atom. The second-order valence-corrected chi connectivity index (χ2v) is 8.24. The summed E-state index contributed by atoms with van der Waals surface area (Å²) in [4.78, 5) is 13.9. The number of hydrogen-bond donors (Lipinski definition) is 2. The van der Waals surface area contributed by atoms with Crippen LogP contribution in [0, 0.1) is 17.8 Å². The molecule has 5 heteroatoms. The first-order chi connectivity index (χ1) is 9.97. The Morgan fingerprint density at radius 3 is 2.50 bits per heavy atom. The van der Waals surface area contributed by atoms with Crippen molar-refractivity contribution in [1.29, 1.82) is 0 Å². The summed E-state index contributed by atoms with van der Waals surface area (Å²) in [5, 5.41) is 5.33. The van der Waals surface area contributed by atoms with Crippen molar-refractivity contribution in [3.05, 3.63) is 22.4 Å². The Morgan fingerprint density at radius 1 is 1.32 bits per heavy atom. The minimum Gasteiger partial charge on any atom is -0.346 e. The number of rotatable bonds is 3. The zero-order valence-corrected chi connectivity index (χ0v) is 15.0. The summed E-state index contributed by atoms with van der Waals surface area (Å²) < 4.78 is 0. The number of carbonyl (C=O) groups excluding carboxylic acids is 1. The van der Waals surface area contributed by atoms with E-state index in [0.29, 0.717) is 17.9 Å². The normalized spacial score (nSPS) is 31.2.